The number of carbonyl (C=O) groups excluding carboxylic acids is 1. The summed E-state index contributed by atoms with van der Waals surface area (Å²) in [6, 6.07) is 2.20. The molecule has 0 saturated heterocycles. The van der Waals surface area contributed by atoms with Crippen LogP contribution in [0, 0.1) is 17.9 Å². The normalized spacial score (nSPS) is 10.2. The average molecular weight is 369 g/mol. The highest BCUT2D eigenvalue weighted by molar-refractivity contribution is 7.98. The van der Waals surface area contributed by atoms with E-state index in [9.17, 15) is 10.1 Å². The van der Waals surface area contributed by atoms with Gasteiger partial charge < -0.3 is 10.6 Å². The highest BCUT2D eigenvalue weighted by Gasteiger charge is 2.20. The van der Waals surface area contributed by atoms with Crippen LogP contribution in [-0.4, -0.2) is 34.8 Å². The van der Waals surface area contributed by atoms with Gasteiger partial charge >= 0.3 is 0 Å². The molecule has 2 aromatic heterocycles. The van der Waals surface area contributed by atoms with Crippen molar-refractivity contribution < 1.29 is 4.79 Å². The Kier molecular flexibility index (Phi) is 6.21. The Labute approximate surface area is 156 Å². The summed E-state index contributed by atoms with van der Waals surface area (Å²) < 4.78 is 1.47. The molecule has 0 radical (unpaired) electrons. The SMILES string of the molecule is [C-]#[N+]c1c(N(C)C)nc(SCc2cnn(CC(N)=O)c2)c(C#N)c1CC. The standard InChI is InChI=1S/C17H19N7OS/c1-5-12-13(6-18)17(22-16(23(3)4)15(12)20-2)26-10-11-7-21-24(8-11)9-14(19)25/h7-8H,5,9-10H2,1,3-4H3,(H2,19,25). The molecular weight excluding hydrogens is 350 g/mol. The van der Waals surface area contributed by atoms with Crippen molar-refractivity contribution in [3.63, 3.8) is 0 Å². The zero-order valence-electron chi connectivity index (χ0n) is 14.9. The molecule has 0 aliphatic carbocycles. The number of nitriles is 1. The largest absolute Gasteiger partial charge is 0.371 e. The van der Waals surface area contributed by atoms with Gasteiger partial charge in [0.25, 0.3) is 0 Å². The van der Waals surface area contributed by atoms with E-state index in [2.05, 4.69) is 21.0 Å². The summed E-state index contributed by atoms with van der Waals surface area (Å²) in [6.07, 6.45) is 3.97. The Morgan fingerprint density at radius 1 is 1.54 bits per heavy atom. The molecule has 1 amide bonds. The maximum absolute atomic E-state index is 11.0. The van der Waals surface area contributed by atoms with Crippen LogP contribution in [0.2, 0.25) is 0 Å². The van der Waals surface area contributed by atoms with E-state index < -0.39 is 5.91 Å². The minimum atomic E-state index is -0.460. The number of anilines is 1. The zero-order chi connectivity index (χ0) is 19.3. The topological polar surface area (TPSA) is 105 Å². The fourth-order valence-electron chi connectivity index (χ4n) is 2.46. The van der Waals surface area contributed by atoms with Gasteiger partial charge in [-0.05, 0) is 12.0 Å². The number of rotatable bonds is 7. The maximum atomic E-state index is 11.0. The van der Waals surface area contributed by atoms with Crippen molar-refractivity contribution in [3.8, 4) is 6.07 Å². The lowest BCUT2D eigenvalue weighted by Crippen LogP contribution is -2.18. The Balaban J connectivity index is 2.35. The van der Waals surface area contributed by atoms with Gasteiger partial charge in [-0.15, -0.1) is 11.8 Å². The Morgan fingerprint density at radius 2 is 2.27 bits per heavy atom. The molecule has 0 unspecified atom stereocenters. The summed E-state index contributed by atoms with van der Waals surface area (Å²) in [5.41, 5.74) is 7.63. The lowest BCUT2D eigenvalue weighted by molar-refractivity contribution is -0.118. The van der Waals surface area contributed by atoms with Crippen molar-refractivity contribution in [2.45, 2.75) is 30.7 Å². The van der Waals surface area contributed by atoms with Crippen molar-refractivity contribution in [3.05, 3.63) is 40.5 Å². The molecule has 8 nitrogen and oxygen atoms in total. The van der Waals surface area contributed by atoms with E-state index in [1.165, 1.54) is 16.4 Å². The van der Waals surface area contributed by atoms with E-state index in [1.807, 2.05) is 21.0 Å². The molecule has 9 heteroatoms. The van der Waals surface area contributed by atoms with Gasteiger partial charge in [0.05, 0.1) is 18.3 Å². The number of primary amides is 1. The van der Waals surface area contributed by atoms with Crippen molar-refractivity contribution in [1.82, 2.24) is 14.8 Å². The Morgan fingerprint density at radius 3 is 2.81 bits per heavy atom. The molecule has 0 atom stereocenters. The molecule has 134 valence electrons. The second-order valence-electron chi connectivity index (χ2n) is 5.72. The number of pyridine rings is 1. The minimum Gasteiger partial charge on any atom is -0.371 e. The molecule has 0 aliphatic heterocycles. The van der Waals surface area contributed by atoms with Gasteiger partial charge in [-0.1, -0.05) is 6.92 Å². The third-order valence-corrected chi connectivity index (χ3v) is 4.65. The smallest absolute Gasteiger partial charge is 0.239 e. The first-order valence-electron chi connectivity index (χ1n) is 7.85. The fourth-order valence-corrected chi connectivity index (χ4v) is 3.38. The summed E-state index contributed by atoms with van der Waals surface area (Å²) >= 11 is 1.40. The van der Waals surface area contributed by atoms with Crippen LogP contribution in [0.25, 0.3) is 4.85 Å². The van der Waals surface area contributed by atoms with E-state index in [0.717, 1.165) is 5.56 Å². The predicted molar refractivity (Wildman–Crippen MR) is 99.9 cm³/mol. The highest BCUT2D eigenvalue weighted by Crippen LogP contribution is 2.38. The number of amides is 1. The lowest BCUT2D eigenvalue weighted by Gasteiger charge is -2.18. The van der Waals surface area contributed by atoms with Gasteiger partial charge in [0, 0.05) is 31.6 Å². The molecule has 0 saturated carbocycles. The van der Waals surface area contributed by atoms with E-state index >= 15 is 0 Å². The summed E-state index contributed by atoms with van der Waals surface area (Å²) in [4.78, 5) is 20.9. The summed E-state index contributed by atoms with van der Waals surface area (Å²) in [7, 11) is 3.65. The zero-order valence-corrected chi connectivity index (χ0v) is 15.7. The first-order valence-corrected chi connectivity index (χ1v) is 8.84. The second-order valence-corrected chi connectivity index (χ2v) is 6.68. The highest BCUT2D eigenvalue weighted by atomic mass is 32.2. The van der Waals surface area contributed by atoms with Crippen LogP contribution in [0.4, 0.5) is 11.5 Å². The number of thioether (sulfide) groups is 1. The molecule has 2 N–H and O–H groups in total. The second kappa shape index (κ2) is 8.37. The molecule has 2 aromatic rings. The first-order chi connectivity index (χ1) is 12.4. The van der Waals surface area contributed by atoms with Crippen molar-refractivity contribution in [1.29, 1.82) is 5.26 Å². The Bertz CT molecular complexity index is 905. The van der Waals surface area contributed by atoms with E-state index in [1.54, 1.807) is 17.3 Å². The number of nitrogens with zero attached hydrogens (tertiary/aromatic N) is 6. The molecule has 0 spiro atoms. The molecule has 0 bridgehead atoms. The van der Waals surface area contributed by atoms with Crippen LogP contribution in [-0.2, 0) is 23.5 Å². The van der Waals surface area contributed by atoms with E-state index in [0.29, 0.717) is 39.8 Å². The third kappa shape index (κ3) is 4.13. The van der Waals surface area contributed by atoms with E-state index in [-0.39, 0.29) is 6.54 Å². The van der Waals surface area contributed by atoms with E-state index in [4.69, 9.17) is 12.3 Å². The van der Waals surface area contributed by atoms with Gasteiger partial charge in [0.1, 0.15) is 23.5 Å². The fraction of sp³-hybridized carbons (Fsp3) is 0.353. The third-order valence-electron chi connectivity index (χ3n) is 3.60. The maximum Gasteiger partial charge on any atom is 0.239 e. The van der Waals surface area contributed by atoms with Crippen molar-refractivity contribution in [2.75, 3.05) is 19.0 Å². The number of aromatic nitrogens is 3. The van der Waals surface area contributed by atoms with Crippen LogP contribution < -0.4 is 10.6 Å². The van der Waals surface area contributed by atoms with Crippen LogP contribution in [0.5, 0.6) is 0 Å². The molecule has 26 heavy (non-hydrogen) atoms. The van der Waals surface area contributed by atoms with Crippen molar-refractivity contribution >= 4 is 29.2 Å². The summed E-state index contributed by atoms with van der Waals surface area (Å²) in [5, 5.41) is 14.3. The molecule has 0 fully saturated rings. The van der Waals surface area contributed by atoms with Gasteiger partial charge in [0.15, 0.2) is 0 Å². The summed E-state index contributed by atoms with van der Waals surface area (Å²) in [5.74, 6) is 0.634. The quantitative estimate of drug-likeness (QED) is 0.592. The summed E-state index contributed by atoms with van der Waals surface area (Å²) in [6.45, 7) is 9.40. The van der Waals surface area contributed by atoms with Crippen molar-refractivity contribution in [2.24, 2.45) is 5.73 Å². The van der Waals surface area contributed by atoms with Gasteiger partial charge in [-0.3, -0.25) is 9.48 Å². The van der Waals surface area contributed by atoms with Gasteiger partial charge in [-0.2, -0.15) is 10.4 Å². The minimum absolute atomic E-state index is 0.0246. The number of nitrogens with two attached hydrogens (primary N) is 1. The number of hydrogen-bond donors (Lipinski definition) is 1. The number of hydrogen-bond acceptors (Lipinski definition) is 6. The van der Waals surface area contributed by atoms with Crippen LogP contribution in [0.1, 0.15) is 23.6 Å². The average Bonchev–Trinajstić information content (AvgIpc) is 3.04. The molecule has 2 rings (SSSR count). The predicted octanol–water partition coefficient (Wildman–Crippen LogP) is 2.11. The van der Waals surface area contributed by atoms with Crippen LogP contribution in [0.3, 0.4) is 0 Å². The van der Waals surface area contributed by atoms with Crippen LogP contribution in [0.15, 0.2) is 17.4 Å². The molecular formula is C17H19N7OS. The van der Waals surface area contributed by atoms with Crippen LogP contribution >= 0.6 is 11.8 Å². The first kappa shape index (κ1) is 19.3. The number of carbonyl (C=O) groups is 1. The van der Waals surface area contributed by atoms with Gasteiger partial charge in [0.2, 0.25) is 11.6 Å². The van der Waals surface area contributed by atoms with Gasteiger partial charge in [-0.25, -0.2) is 9.83 Å². The monoisotopic (exact) mass is 369 g/mol. The lowest BCUT2D eigenvalue weighted by atomic mass is 10.1. The molecule has 0 aliphatic rings. The molecule has 0 aromatic carbocycles. The Hall–Kier alpha value is -3.04. The molecule has 2 heterocycles.